The minimum atomic E-state index is -0.243. The van der Waals surface area contributed by atoms with Gasteiger partial charge in [-0.1, -0.05) is 36.8 Å². The van der Waals surface area contributed by atoms with E-state index in [0.717, 1.165) is 0 Å². The molecule has 1 rings (SSSR count). The molecule has 0 aliphatic rings. The molecule has 0 bridgehead atoms. The van der Waals surface area contributed by atoms with Crippen LogP contribution in [0.15, 0.2) is 24.3 Å². The molecule has 1 aromatic carbocycles. The first-order valence-electron chi connectivity index (χ1n) is 4.44. The molecule has 0 aliphatic carbocycles. The van der Waals surface area contributed by atoms with Crippen molar-refractivity contribution >= 4 is 5.91 Å². The molecule has 70 valence electrons. The van der Waals surface area contributed by atoms with E-state index in [4.69, 9.17) is 5.73 Å². The predicted octanol–water partition coefficient (Wildman–Crippen LogP) is 1.97. The molecule has 0 saturated heterocycles. The van der Waals surface area contributed by atoms with Crippen molar-refractivity contribution in [1.29, 1.82) is 0 Å². The van der Waals surface area contributed by atoms with Crippen LogP contribution in [0, 0.1) is 6.92 Å². The second-order valence-electron chi connectivity index (χ2n) is 3.48. The minimum absolute atomic E-state index is 0.220. The smallest absolute Gasteiger partial charge is 0.218 e. The number of nitrogens with two attached hydrogens (primary N) is 1. The highest BCUT2D eigenvalue weighted by Crippen LogP contribution is 2.18. The monoisotopic (exact) mass is 177 g/mol. The van der Waals surface area contributed by atoms with Crippen LogP contribution in [-0.2, 0) is 4.79 Å². The lowest BCUT2D eigenvalue weighted by atomic mass is 9.97. The summed E-state index contributed by atoms with van der Waals surface area (Å²) in [6, 6.07) is 8.19. The maximum atomic E-state index is 10.7. The van der Waals surface area contributed by atoms with Crippen LogP contribution in [0.4, 0.5) is 0 Å². The molecule has 1 atom stereocenters. The van der Waals surface area contributed by atoms with Crippen LogP contribution in [0.5, 0.6) is 0 Å². The Labute approximate surface area is 78.8 Å². The Balaban J connectivity index is 2.71. The summed E-state index contributed by atoms with van der Waals surface area (Å²) in [5, 5.41) is 0. The summed E-state index contributed by atoms with van der Waals surface area (Å²) in [4.78, 5) is 10.7. The summed E-state index contributed by atoms with van der Waals surface area (Å²) in [7, 11) is 0. The van der Waals surface area contributed by atoms with Gasteiger partial charge in [0.1, 0.15) is 0 Å². The van der Waals surface area contributed by atoms with E-state index in [-0.39, 0.29) is 11.8 Å². The van der Waals surface area contributed by atoms with Crippen molar-refractivity contribution < 1.29 is 4.79 Å². The second-order valence-corrected chi connectivity index (χ2v) is 3.48. The number of benzene rings is 1. The van der Waals surface area contributed by atoms with Gasteiger partial charge in [0.05, 0.1) is 0 Å². The van der Waals surface area contributed by atoms with Gasteiger partial charge in [0.2, 0.25) is 5.91 Å². The summed E-state index contributed by atoms with van der Waals surface area (Å²) in [6.45, 7) is 4.05. The van der Waals surface area contributed by atoms with Crippen LogP contribution in [-0.4, -0.2) is 5.91 Å². The average Bonchev–Trinajstić information content (AvgIpc) is 2.04. The number of amides is 1. The molecule has 2 nitrogen and oxygen atoms in total. The Morgan fingerprint density at radius 2 is 1.92 bits per heavy atom. The van der Waals surface area contributed by atoms with Crippen molar-refractivity contribution in [3.05, 3.63) is 35.4 Å². The number of primary amides is 1. The van der Waals surface area contributed by atoms with E-state index in [1.165, 1.54) is 11.1 Å². The van der Waals surface area contributed by atoms with Crippen molar-refractivity contribution in [2.24, 2.45) is 5.73 Å². The van der Waals surface area contributed by atoms with Gasteiger partial charge in [-0.05, 0) is 18.4 Å². The van der Waals surface area contributed by atoms with Gasteiger partial charge in [0.25, 0.3) is 0 Å². The zero-order valence-electron chi connectivity index (χ0n) is 8.08. The van der Waals surface area contributed by atoms with E-state index < -0.39 is 0 Å². The highest BCUT2D eigenvalue weighted by molar-refractivity contribution is 5.74. The van der Waals surface area contributed by atoms with Crippen LogP contribution in [0.1, 0.15) is 30.4 Å². The number of hydrogen-bond acceptors (Lipinski definition) is 1. The fraction of sp³-hybridized carbons (Fsp3) is 0.364. The molecule has 0 saturated carbocycles. The Morgan fingerprint density at radius 3 is 2.38 bits per heavy atom. The first-order chi connectivity index (χ1) is 6.09. The second kappa shape index (κ2) is 4.08. The molecule has 0 aromatic heterocycles. The lowest BCUT2D eigenvalue weighted by Gasteiger charge is -2.09. The summed E-state index contributed by atoms with van der Waals surface area (Å²) in [5.74, 6) is -0.0221. The summed E-state index contributed by atoms with van der Waals surface area (Å²) in [6.07, 6.45) is 0.420. The molecule has 2 heteroatoms. The predicted molar refractivity (Wildman–Crippen MR) is 53.4 cm³/mol. The molecule has 0 radical (unpaired) electrons. The van der Waals surface area contributed by atoms with E-state index in [9.17, 15) is 4.79 Å². The number of carbonyl (C=O) groups is 1. The van der Waals surface area contributed by atoms with E-state index in [1.807, 2.05) is 38.1 Å². The zero-order chi connectivity index (χ0) is 9.84. The molecule has 0 heterocycles. The fourth-order valence-corrected chi connectivity index (χ4v) is 1.31. The van der Waals surface area contributed by atoms with Crippen molar-refractivity contribution in [3.8, 4) is 0 Å². The van der Waals surface area contributed by atoms with Gasteiger partial charge in [0, 0.05) is 6.42 Å². The quantitative estimate of drug-likeness (QED) is 0.753. The van der Waals surface area contributed by atoms with E-state index in [2.05, 4.69) is 0 Å². The fourth-order valence-electron chi connectivity index (χ4n) is 1.31. The van der Waals surface area contributed by atoms with Gasteiger partial charge < -0.3 is 5.73 Å². The van der Waals surface area contributed by atoms with Gasteiger partial charge in [-0.2, -0.15) is 0 Å². The molecular formula is C11H15NO. The molecule has 1 aromatic rings. The van der Waals surface area contributed by atoms with E-state index in [0.29, 0.717) is 6.42 Å². The molecule has 2 N–H and O–H groups in total. The third-order valence-electron chi connectivity index (χ3n) is 2.15. The summed E-state index contributed by atoms with van der Waals surface area (Å²) >= 11 is 0. The molecule has 0 spiro atoms. The third kappa shape index (κ3) is 2.90. The molecule has 13 heavy (non-hydrogen) atoms. The van der Waals surface area contributed by atoms with Crippen LogP contribution < -0.4 is 5.73 Å². The average molecular weight is 177 g/mol. The van der Waals surface area contributed by atoms with Crippen LogP contribution in [0.25, 0.3) is 0 Å². The lowest BCUT2D eigenvalue weighted by Crippen LogP contribution is -2.13. The van der Waals surface area contributed by atoms with Crippen LogP contribution >= 0.6 is 0 Å². The van der Waals surface area contributed by atoms with Crippen molar-refractivity contribution in [3.63, 3.8) is 0 Å². The largest absolute Gasteiger partial charge is 0.370 e. The molecule has 0 fully saturated rings. The third-order valence-corrected chi connectivity index (χ3v) is 2.15. The normalized spacial score (nSPS) is 12.5. The molecule has 0 unspecified atom stereocenters. The first-order valence-corrected chi connectivity index (χ1v) is 4.44. The topological polar surface area (TPSA) is 43.1 Å². The first kappa shape index (κ1) is 9.78. The Bertz CT molecular complexity index is 289. The maximum absolute atomic E-state index is 10.7. The van der Waals surface area contributed by atoms with Crippen molar-refractivity contribution in [1.82, 2.24) is 0 Å². The Morgan fingerprint density at radius 1 is 1.38 bits per heavy atom. The standard InChI is InChI=1S/C11H15NO/c1-8-3-5-10(6-4-8)9(2)7-11(12)13/h3-6,9H,7H2,1-2H3,(H2,12,13)/t9-/m1/s1. The van der Waals surface area contributed by atoms with Gasteiger partial charge in [0.15, 0.2) is 0 Å². The van der Waals surface area contributed by atoms with Crippen molar-refractivity contribution in [2.75, 3.05) is 0 Å². The van der Waals surface area contributed by atoms with Gasteiger partial charge in [-0.3, -0.25) is 4.79 Å². The SMILES string of the molecule is Cc1ccc([C@H](C)CC(N)=O)cc1. The van der Waals surface area contributed by atoms with Crippen molar-refractivity contribution in [2.45, 2.75) is 26.2 Å². The number of rotatable bonds is 3. The highest BCUT2D eigenvalue weighted by Gasteiger charge is 2.07. The molecule has 1 amide bonds. The Hall–Kier alpha value is -1.31. The van der Waals surface area contributed by atoms with Gasteiger partial charge in [-0.25, -0.2) is 0 Å². The van der Waals surface area contributed by atoms with Crippen LogP contribution in [0.3, 0.4) is 0 Å². The Kier molecular flexibility index (Phi) is 3.07. The molecule has 0 aliphatic heterocycles. The number of carbonyl (C=O) groups excluding carboxylic acids is 1. The number of aryl methyl sites for hydroxylation is 1. The van der Waals surface area contributed by atoms with Crippen LogP contribution in [0.2, 0.25) is 0 Å². The van der Waals surface area contributed by atoms with Gasteiger partial charge >= 0.3 is 0 Å². The van der Waals surface area contributed by atoms with E-state index >= 15 is 0 Å². The number of hydrogen-bond donors (Lipinski definition) is 1. The summed E-state index contributed by atoms with van der Waals surface area (Å²) in [5.41, 5.74) is 7.52. The minimum Gasteiger partial charge on any atom is -0.370 e. The maximum Gasteiger partial charge on any atom is 0.218 e. The zero-order valence-corrected chi connectivity index (χ0v) is 8.08. The van der Waals surface area contributed by atoms with E-state index in [1.54, 1.807) is 0 Å². The van der Waals surface area contributed by atoms with Gasteiger partial charge in [-0.15, -0.1) is 0 Å². The lowest BCUT2D eigenvalue weighted by molar-refractivity contribution is -0.118. The summed E-state index contributed by atoms with van der Waals surface area (Å²) < 4.78 is 0. The highest BCUT2D eigenvalue weighted by atomic mass is 16.1. The molecular weight excluding hydrogens is 162 g/mol.